The van der Waals surface area contributed by atoms with Gasteiger partial charge in [0.1, 0.15) is 0 Å². The fourth-order valence-electron chi connectivity index (χ4n) is 1.45. The zero-order chi connectivity index (χ0) is 14.9. The van der Waals surface area contributed by atoms with Gasteiger partial charge in [-0.2, -0.15) is 13.2 Å². The molecule has 0 aliphatic heterocycles. The molecule has 0 atom stereocenters. The number of benzene rings is 1. The standard InChI is InChI=1S/C12H7ClF3NO3/c13-7-2-1-6(12(14,15)16)5-8(7)17-10-4-3-9(20-10)11(18)19/h1-5,17H,(H,18,19). The van der Waals surface area contributed by atoms with Crippen LogP contribution in [-0.2, 0) is 6.18 Å². The highest BCUT2D eigenvalue weighted by atomic mass is 35.5. The second-order valence-electron chi connectivity index (χ2n) is 3.79. The van der Waals surface area contributed by atoms with E-state index in [1.54, 1.807) is 0 Å². The molecule has 2 rings (SSSR count). The number of carboxylic acid groups (broad SMARTS) is 1. The molecule has 0 saturated heterocycles. The molecule has 0 spiro atoms. The summed E-state index contributed by atoms with van der Waals surface area (Å²) >= 11 is 5.78. The maximum absolute atomic E-state index is 12.6. The van der Waals surface area contributed by atoms with Gasteiger partial charge in [0.15, 0.2) is 5.88 Å². The Balaban J connectivity index is 2.30. The first-order valence-electron chi connectivity index (χ1n) is 5.24. The second-order valence-corrected chi connectivity index (χ2v) is 4.19. The fourth-order valence-corrected chi connectivity index (χ4v) is 1.61. The van der Waals surface area contributed by atoms with Crippen molar-refractivity contribution in [2.24, 2.45) is 0 Å². The highest BCUT2D eigenvalue weighted by Gasteiger charge is 2.31. The Morgan fingerprint density at radius 1 is 1.25 bits per heavy atom. The summed E-state index contributed by atoms with van der Waals surface area (Å²) in [5.74, 6) is -1.65. The first kappa shape index (κ1) is 14.3. The molecular formula is C12H7ClF3NO3. The third-order valence-corrected chi connectivity index (χ3v) is 2.70. The van der Waals surface area contributed by atoms with Gasteiger partial charge in [-0.1, -0.05) is 11.6 Å². The smallest absolute Gasteiger partial charge is 0.416 e. The summed E-state index contributed by atoms with van der Waals surface area (Å²) in [7, 11) is 0. The van der Waals surface area contributed by atoms with Crippen LogP contribution in [0.3, 0.4) is 0 Å². The minimum atomic E-state index is -4.50. The predicted octanol–water partition coefficient (Wildman–Crippen LogP) is 4.39. The molecule has 0 fully saturated rings. The summed E-state index contributed by atoms with van der Waals surface area (Å²) in [6.07, 6.45) is -4.50. The van der Waals surface area contributed by atoms with E-state index in [1.165, 1.54) is 12.1 Å². The van der Waals surface area contributed by atoms with Crippen LogP contribution in [0.4, 0.5) is 24.7 Å². The second kappa shape index (κ2) is 5.09. The molecule has 2 aromatic rings. The Morgan fingerprint density at radius 3 is 2.50 bits per heavy atom. The van der Waals surface area contributed by atoms with Crippen LogP contribution in [-0.4, -0.2) is 11.1 Å². The van der Waals surface area contributed by atoms with E-state index in [4.69, 9.17) is 21.1 Å². The van der Waals surface area contributed by atoms with Crippen molar-refractivity contribution in [3.63, 3.8) is 0 Å². The summed E-state index contributed by atoms with van der Waals surface area (Å²) in [6, 6.07) is 5.20. The van der Waals surface area contributed by atoms with Crippen LogP contribution in [0.15, 0.2) is 34.7 Å². The van der Waals surface area contributed by atoms with Crippen LogP contribution < -0.4 is 5.32 Å². The van der Waals surface area contributed by atoms with Gasteiger partial charge in [0.2, 0.25) is 5.76 Å². The maximum Gasteiger partial charge on any atom is 0.416 e. The van der Waals surface area contributed by atoms with Gasteiger partial charge in [0.05, 0.1) is 16.3 Å². The van der Waals surface area contributed by atoms with Crippen molar-refractivity contribution in [1.29, 1.82) is 0 Å². The molecule has 0 unspecified atom stereocenters. The van der Waals surface area contributed by atoms with E-state index in [1.807, 2.05) is 0 Å². The summed E-state index contributed by atoms with van der Waals surface area (Å²) in [4.78, 5) is 10.6. The van der Waals surface area contributed by atoms with E-state index < -0.39 is 17.7 Å². The van der Waals surface area contributed by atoms with E-state index in [9.17, 15) is 18.0 Å². The van der Waals surface area contributed by atoms with E-state index in [0.29, 0.717) is 0 Å². The Kier molecular flexibility index (Phi) is 3.63. The molecule has 2 N–H and O–H groups in total. The number of anilines is 2. The number of alkyl halides is 3. The third-order valence-electron chi connectivity index (χ3n) is 2.37. The van der Waals surface area contributed by atoms with Gasteiger partial charge in [-0.05, 0) is 24.3 Å². The zero-order valence-electron chi connectivity index (χ0n) is 9.66. The third kappa shape index (κ3) is 3.05. The van der Waals surface area contributed by atoms with Crippen molar-refractivity contribution >= 4 is 29.1 Å². The van der Waals surface area contributed by atoms with Gasteiger partial charge in [0, 0.05) is 6.07 Å². The van der Waals surface area contributed by atoms with Crippen molar-refractivity contribution in [2.75, 3.05) is 5.32 Å². The largest absolute Gasteiger partial charge is 0.475 e. The Labute approximate surface area is 115 Å². The normalized spacial score (nSPS) is 11.4. The molecule has 4 nitrogen and oxygen atoms in total. The first-order chi connectivity index (χ1) is 9.27. The Morgan fingerprint density at radius 2 is 1.95 bits per heavy atom. The molecule has 0 aliphatic carbocycles. The maximum atomic E-state index is 12.6. The van der Waals surface area contributed by atoms with Crippen LogP contribution in [0.5, 0.6) is 0 Å². The van der Waals surface area contributed by atoms with Crippen molar-refractivity contribution in [3.05, 3.63) is 46.7 Å². The Hall–Kier alpha value is -2.15. The van der Waals surface area contributed by atoms with Gasteiger partial charge >= 0.3 is 12.1 Å². The van der Waals surface area contributed by atoms with Crippen molar-refractivity contribution < 1.29 is 27.5 Å². The van der Waals surface area contributed by atoms with Gasteiger partial charge in [-0.15, -0.1) is 0 Å². The molecule has 106 valence electrons. The van der Waals surface area contributed by atoms with Crippen LogP contribution in [0.1, 0.15) is 16.1 Å². The van der Waals surface area contributed by atoms with Gasteiger partial charge < -0.3 is 14.8 Å². The van der Waals surface area contributed by atoms with Crippen molar-refractivity contribution in [1.82, 2.24) is 0 Å². The number of rotatable bonds is 3. The topological polar surface area (TPSA) is 62.5 Å². The molecule has 0 aliphatic rings. The van der Waals surface area contributed by atoms with Gasteiger partial charge in [-0.25, -0.2) is 4.79 Å². The van der Waals surface area contributed by atoms with Crippen LogP contribution in [0.25, 0.3) is 0 Å². The van der Waals surface area contributed by atoms with E-state index in [2.05, 4.69) is 5.32 Å². The number of carboxylic acids is 1. The number of furan rings is 1. The van der Waals surface area contributed by atoms with Crippen LogP contribution in [0.2, 0.25) is 5.02 Å². The van der Waals surface area contributed by atoms with Gasteiger partial charge in [0.25, 0.3) is 0 Å². The highest BCUT2D eigenvalue weighted by molar-refractivity contribution is 6.33. The quantitative estimate of drug-likeness (QED) is 0.882. The molecule has 20 heavy (non-hydrogen) atoms. The number of aromatic carboxylic acids is 1. The molecule has 1 heterocycles. The zero-order valence-corrected chi connectivity index (χ0v) is 10.4. The van der Waals surface area contributed by atoms with E-state index in [0.717, 1.165) is 18.2 Å². The number of hydrogen-bond donors (Lipinski definition) is 2. The summed E-state index contributed by atoms with van der Waals surface area (Å²) in [5.41, 5.74) is -0.915. The number of hydrogen-bond acceptors (Lipinski definition) is 3. The fraction of sp³-hybridized carbons (Fsp3) is 0.0833. The van der Waals surface area contributed by atoms with E-state index >= 15 is 0 Å². The van der Waals surface area contributed by atoms with Crippen molar-refractivity contribution in [3.8, 4) is 0 Å². The molecule has 0 amide bonds. The molecule has 0 bridgehead atoms. The number of carbonyl (C=O) groups is 1. The number of nitrogens with one attached hydrogen (secondary N) is 1. The van der Waals surface area contributed by atoms with Gasteiger partial charge in [-0.3, -0.25) is 0 Å². The predicted molar refractivity (Wildman–Crippen MR) is 65.4 cm³/mol. The molecule has 0 saturated carbocycles. The summed E-state index contributed by atoms with van der Waals surface area (Å²) < 4.78 is 42.6. The summed E-state index contributed by atoms with van der Waals surface area (Å²) in [5, 5.41) is 11.2. The monoisotopic (exact) mass is 305 g/mol. The first-order valence-corrected chi connectivity index (χ1v) is 5.62. The highest BCUT2D eigenvalue weighted by Crippen LogP contribution is 2.35. The number of halogens is 4. The average Bonchev–Trinajstić information content (AvgIpc) is 2.79. The summed E-state index contributed by atoms with van der Waals surface area (Å²) in [6.45, 7) is 0. The lowest BCUT2D eigenvalue weighted by Gasteiger charge is -2.10. The molecule has 8 heteroatoms. The lowest BCUT2D eigenvalue weighted by Crippen LogP contribution is -2.05. The SMILES string of the molecule is O=C(O)c1ccc(Nc2cc(C(F)(F)F)ccc2Cl)o1. The minimum Gasteiger partial charge on any atom is -0.475 e. The minimum absolute atomic E-state index is 0.0244. The van der Waals surface area contributed by atoms with Crippen molar-refractivity contribution in [2.45, 2.75) is 6.18 Å². The molecule has 1 aromatic carbocycles. The average molecular weight is 306 g/mol. The lowest BCUT2D eigenvalue weighted by molar-refractivity contribution is -0.137. The molecule has 1 aromatic heterocycles. The van der Waals surface area contributed by atoms with Crippen LogP contribution >= 0.6 is 11.6 Å². The van der Waals surface area contributed by atoms with Crippen LogP contribution in [0, 0.1) is 0 Å². The molecular weight excluding hydrogens is 299 g/mol. The van der Waals surface area contributed by atoms with E-state index in [-0.39, 0.29) is 22.4 Å². The molecule has 0 radical (unpaired) electrons. The Bertz CT molecular complexity index is 652. The lowest BCUT2D eigenvalue weighted by atomic mass is 10.2.